The van der Waals surface area contributed by atoms with E-state index in [1.807, 2.05) is 0 Å². The molecule has 0 atom stereocenters. The van der Waals surface area contributed by atoms with E-state index in [2.05, 4.69) is 26.1 Å². The molecular formula is C11H23N. The maximum absolute atomic E-state index is 3.65. The molecule has 1 fully saturated rings. The van der Waals surface area contributed by atoms with Gasteiger partial charge in [0.25, 0.3) is 0 Å². The number of nitrogens with one attached hydrogen (secondary N) is 1. The van der Waals surface area contributed by atoms with Crippen molar-refractivity contribution in [3.8, 4) is 0 Å². The maximum atomic E-state index is 3.65. The van der Waals surface area contributed by atoms with Crippen molar-refractivity contribution in [3.63, 3.8) is 0 Å². The first kappa shape index (κ1) is 10.0. The summed E-state index contributed by atoms with van der Waals surface area (Å²) in [5.41, 5.74) is 0.350. The largest absolute Gasteiger partial charge is 0.312 e. The molecular weight excluding hydrogens is 146 g/mol. The monoisotopic (exact) mass is 169 g/mol. The van der Waals surface area contributed by atoms with E-state index in [1.165, 1.54) is 38.6 Å². The SMILES string of the molecule is CCC(C)(C)NCC1CCCC1. The molecule has 0 saturated heterocycles. The second-order valence-corrected chi connectivity index (χ2v) is 4.77. The lowest BCUT2D eigenvalue weighted by atomic mass is 10.00. The van der Waals surface area contributed by atoms with E-state index in [0.29, 0.717) is 5.54 Å². The zero-order valence-electron chi connectivity index (χ0n) is 8.82. The van der Waals surface area contributed by atoms with Crippen LogP contribution in [0.3, 0.4) is 0 Å². The van der Waals surface area contributed by atoms with E-state index in [1.54, 1.807) is 0 Å². The molecule has 0 spiro atoms. The standard InChI is InChI=1S/C11H23N/c1-4-11(2,3)12-9-10-7-5-6-8-10/h10,12H,4-9H2,1-3H3. The molecule has 1 N–H and O–H groups in total. The fourth-order valence-electron chi connectivity index (χ4n) is 1.76. The van der Waals surface area contributed by atoms with Gasteiger partial charge in [-0.3, -0.25) is 0 Å². The first-order chi connectivity index (χ1) is 5.64. The number of rotatable bonds is 4. The maximum Gasteiger partial charge on any atom is 0.0122 e. The molecule has 0 heterocycles. The van der Waals surface area contributed by atoms with E-state index in [-0.39, 0.29) is 0 Å². The fraction of sp³-hybridized carbons (Fsp3) is 1.00. The molecule has 0 aromatic rings. The molecule has 0 aromatic carbocycles. The van der Waals surface area contributed by atoms with Gasteiger partial charge in [-0.25, -0.2) is 0 Å². The summed E-state index contributed by atoms with van der Waals surface area (Å²) in [7, 11) is 0. The lowest BCUT2D eigenvalue weighted by Crippen LogP contribution is -2.40. The van der Waals surface area contributed by atoms with Crippen LogP contribution >= 0.6 is 0 Å². The van der Waals surface area contributed by atoms with Crippen molar-refractivity contribution < 1.29 is 0 Å². The van der Waals surface area contributed by atoms with Crippen LogP contribution in [0.4, 0.5) is 0 Å². The highest BCUT2D eigenvalue weighted by molar-refractivity contribution is 4.78. The summed E-state index contributed by atoms with van der Waals surface area (Å²) in [6.45, 7) is 8.08. The Morgan fingerprint density at radius 2 is 1.83 bits per heavy atom. The van der Waals surface area contributed by atoms with E-state index >= 15 is 0 Å². The lowest BCUT2D eigenvalue weighted by molar-refractivity contribution is 0.340. The Balaban J connectivity index is 2.15. The Hall–Kier alpha value is -0.0400. The molecule has 0 bridgehead atoms. The molecule has 72 valence electrons. The van der Waals surface area contributed by atoms with Crippen LogP contribution in [0, 0.1) is 5.92 Å². The average Bonchev–Trinajstić information content (AvgIpc) is 2.53. The van der Waals surface area contributed by atoms with Crippen molar-refractivity contribution in [1.82, 2.24) is 5.32 Å². The minimum atomic E-state index is 0.350. The van der Waals surface area contributed by atoms with E-state index in [4.69, 9.17) is 0 Å². The Morgan fingerprint density at radius 3 is 2.33 bits per heavy atom. The zero-order valence-corrected chi connectivity index (χ0v) is 8.82. The van der Waals surface area contributed by atoms with Crippen LogP contribution in [-0.2, 0) is 0 Å². The van der Waals surface area contributed by atoms with Crippen LogP contribution in [0.1, 0.15) is 52.9 Å². The van der Waals surface area contributed by atoms with Crippen molar-refractivity contribution in [1.29, 1.82) is 0 Å². The molecule has 0 aliphatic heterocycles. The summed E-state index contributed by atoms with van der Waals surface area (Å²) in [6.07, 6.45) is 7.04. The van der Waals surface area contributed by atoms with Gasteiger partial charge in [-0.2, -0.15) is 0 Å². The molecule has 12 heavy (non-hydrogen) atoms. The summed E-state index contributed by atoms with van der Waals surface area (Å²) in [5.74, 6) is 0.968. The van der Waals surface area contributed by atoms with Crippen molar-refractivity contribution in [3.05, 3.63) is 0 Å². The van der Waals surface area contributed by atoms with Crippen LogP contribution < -0.4 is 5.32 Å². The molecule has 0 radical (unpaired) electrons. The second-order valence-electron chi connectivity index (χ2n) is 4.77. The van der Waals surface area contributed by atoms with Gasteiger partial charge in [-0.1, -0.05) is 19.8 Å². The van der Waals surface area contributed by atoms with Gasteiger partial charge in [0.15, 0.2) is 0 Å². The summed E-state index contributed by atoms with van der Waals surface area (Å²) < 4.78 is 0. The van der Waals surface area contributed by atoms with Gasteiger partial charge in [0, 0.05) is 5.54 Å². The molecule has 1 aliphatic carbocycles. The fourth-order valence-corrected chi connectivity index (χ4v) is 1.76. The van der Waals surface area contributed by atoms with Crippen LogP contribution in [-0.4, -0.2) is 12.1 Å². The topological polar surface area (TPSA) is 12.0 Å². The van der Waals surface area contributed by atoms with E-state index < -0.39 is 0 Å². The molecule has 1 saturated carbocycles. The molecule has 0 amide bonds. The quantitative estimate of drug-likeness (QED) is 0.682. The highest BCUT2D eigenvalue weighted by Gasteiger charge is 2.19. The molecule has 1 aliphatic rings. The minimum Gasteiger partial charge on any atom is -0.312 e. The zero-order chi connectivity index (χ0) is 9.03. The first-order valence-corrected chi connectivity index (χ1v) is 5.39. The predicted molar refractivity (Wildman–Crippen MR) is 54.3 cm³/mol. The highest BCUT2D eigenvalue weighted by atomic mass is 15.0. The Kier molecular flexibility index (Phi) is 3.57. The molecule has 1 rings (SSSR count). The van der Waals surface area contributed by atoms with Gasteiger partial charge < -0.3 is 5.32 Å². The van der Waals surface area contributed by atoms with Crippen molar-refractivity contribution in [2.75, 3.05) is 6.54 Å². The van der Waals surface area contributed by atoms with Gasteiger partial charge in [0.2, 0.25) is 0 Å². The van der Waals surface area contributed by atoms with Gasteiger partial charge in [0.05, 0.1) is 0 Å². The van der Waals surface area contributed by atoms with Crippen LogP contribution in [0.2, 0.25) is 0 Å². The summed E-state index contributed by atoms with van der Waals surface area (Å²) in [5, 5.41) is 3.65. The number of hydrogen-bond donors (Lipinski definition) is 1. The molecule has 0 aromatic heterocycles. The number of hydrogen-bond acceptors (Lipinski definition) is 1. The van der Waals surface area contributed by atoms with Crippen molar-refractivity contribution >= 4 is 0 Å². The average molecular weight is 169 g/mol. The second kappa shape index (κ2) is 4.27. The smallest absolute Gasteiger partial charge is 0.0122 e. The Labute approximate surface area is 76.9 Å². The third-order valence-corrected chi connectivity index (χ3v) is 3.23. The summed E-state index contributed by atoms with van der Waals surface area (Å²) in [4.78, 5) is 0. The third-order valence-electron chi connectivity index (χ3n) is 3.23. The van der Waals surface area contributed by atoms with Crippen molar-refractivity contribution in [2.24, 2.45) is 5.92 Å². The lowest BCUT2D eigenvalue weighted by Gasteiger charge is -2.26. The van der Waals surface area contributed by atoms with Gasteiger partial charge in [-0.15, -0.1) is 0 Å². The summed E-state index contributed by atoms with van der Waals surface area (Å²) in [6, 6.07) is 0. The minimum absolute atomic E-state index is 0.350. The highest BCUT2D eigenvalue weighted by Crippen LogP contribution is 2.24. The van der Waals surface area contributed by atoms with E-state index in [0.717, 1.165) is 5.92 Å². The Morgan fingerprint density at radius 1 is 1.25 bits per heavy atom. The predicted octanol–water partition coefficient (Wildman–Crippen LogP) is 2.95. The normalized spacial score (nSPS) is 20.2. The molecule has 1 nitrogen and oxygen atoms in total. The van der Waals surface area contributed by atoms with Crippen LogP contribution in [0.25, 0.3) is 0 Å². The summed E-state index contributed by atoms with van der Waals surface area (Å²) >= 11 is 0. The van der Waals surface area contributed by atoms with Gasteiger partial charge in [0.1, 0.15) is 0 Å². The van der Waals surface area contributed by atoms with Crippen LogP contribution in [0.5, 0.6) is 0 Å². The van der Waals surface area contributed by atoms with Gasteiger partial charge in [-0.05, 0) is 45.6 Å². The van der Waals surface area contributed by atoms with Gasteiger partial charge >= 0.3 is 0 Å². The molecule has 1 heteroatoms. The van der Waals surface area contributed by atoms with E-state index in [9.17, 15) is 0 Å². The third kappa shape index (κ3) is 3.14. The Bertz CT molecular complexity index is 123. The first-order valence-electron chi connectivity index (χ1n) is 5.39. The van der Waals surface area contributed by atoms with Crippen molar-refractivity contribution in [2.45, 2.75) is 58.4 Å². The molecule has 0 unspecified atom stereocenters. The van der Waals surface area contributed by atoms with Crippen LogP contribution in [0.15, 0.2) is 0 Å².